The average Bonchev–Trinajstić information content (AvgIpc) is 2.53. The SMILES string of the molecule is CCN(Cc1ccccn1)C(=O)C(N)C1CCOCC1. The minimum Gasteiger partial charge on any atom is -0.381 e. The zero-order chi connectivity index (χ0) is 14.4. The Morgan fingerprint density at radius 3 is 2.85 bits per heavy atom. The third-order valence-electron chi connectivity index (χ3n) is 3.83. The summed E-state index contributed by atoms with van der Waals surface area (Å²) >= 11 is 0. The highest BCUT2D eigenvalue weighted by molar-refractivity contribution is 5.82. The molecule has 2 N–H and O–H groups in total. The Morgan fingerprint density at radius 2 is 2.25 bits per heavy atom. The molecule has 2 heterocycles. The molecule has 1 aliphatic rings. The monoisotopic (exact) mass is 277 g/mol. The van der Waals surface area contributed by atoms with Crippen LogP contribution in [0.25, 0.3) is 0 Å². The van der Waals surface area contributed by atoms with Crippen molar-refractivity contribution in [1.82, 2.24) is 9.88 Å². The van der Waals surface area contributed by atoms with Gasteiger partial charge in [0.25, 0.3) is 0 Å². The quantitative estimate of drug-likeness (QED) is 0.877. The molecule has 1 saturated heterocycles. The van der Waals surface area contributed by atoms with Gasteiger partial charge < -0.3 is 15.4 Å². The van der Waals surface area contributed by atoms with Crippen molar-refractivity contribution >= 4 is 5.91 Å². The molecule has 0 saturated carbocycles. The Balaban J connectivity index is 1.97. The predicted molar refractivity (Wildman–Crippen MR) is 76.8 cm³/mol. The van der Waals surface area contributed by atoms with Gasteiger partial charge in [0.15, 0.2) is 0 Å². The fourth-order valence-electron chi connectivity index (χ4n) is 2.52. The third kappa shape index (κ3) is 3.77. The van der Waals surface area contributed by atoms with Gasteiger partial charge >= 0.3 is 0 Å². The Hall–Kier alpha value is -1.46. The van der Waals surface area contributed by atoms with Crippen molar-refractivity contribution in [3.05, 3.63) is 30.1 Å². The lowest BCUT2D eigenvalue weighted by Crippen LogP contribution is -2.48. The van der Waals surface area contributed by atoms with Crippen LogP contribution >= 0.6 is 0 Å². The summed E-state index contributed by atoms with van der Waals surface area (Å²) in [6, 6.07) is 5.30. The van der Waals surface area contributed by atoms with Gasteiger partial charge in [0.1, 0.15) is 0 Å². The summed E-state index contributed by atoms with van der Waals surface area (Å²) < 4.78 is 5.32. The van der Waals surface area contributed by atoms with Gasteiger partial charge in [0, 0.05) is 26.0 Å². The number of amides is 1. The Morgan fingerprint density at radius 1 is 1.50 bits per heavy atom. The summed E-state index contributed by atoms with van der Waals surface area (Å²) in [5, 5.41) is 0. The first-order valence-corrected chi connectivity index (χ1v) is 7.24. The largest absolute Gasteiger partial charge is 0.381 e. The number of rotatable bonds is 5. The molecule has 1 unspecified atom stereocenters. The lowest BCUT2D eigenvalue weighted by molar-refractivity contribution is -0.135. The zero-order valence-corrected chi connectivity index (χ0v) is 12.0. The second kappa shape index (κ2) is 7.36. The minimum atomic E-state index is -0.428. The van der Waals surface area contributed by atoms with Crippen molar-refractivity contribution in [3.63, 3.8) is 0 Å². The van der Waals surface area contributed by atoms with Crippen LogP contribution in [0.5, 0.6) is 0 Å². The summed E-state index contributed by atoms with van der Waals surface area (Å²) in [6.07, 6.45) is 3.48. The van der Waals surface area contributed by atoms with Gasteiger partial charge in [0.05, 0.1) is 18.3 Å². The van der Waals surface area contributed by atoms with E-state index >= 15 is 0 Å². The maximum absolute atomic E-state index is 12.5. The lowest BCUT2D eigenvalue weighted by Gasteiger charge is -2.31. The molecule has 1 aromatic rings. The van der Waals surface area contributed by atoms with Crippen molar-refractivity contribution in [1.29, 1.82) is 0 Å². The molecular weight excluding hydrogens is 254 g/mol. The highest BCUT2D eigenvalue weighted by Crippen LogP contribution is 2.19. The molecule has 110 valence electrons. The van der Waals surface area contributed by atoms with Crippen LogP contribution in [-0.2, 0) is 16.1 Å². The summed E-state index contributed by atoms with van der Waals surface area (Å²) in [5.41, 5.74) is 7.05. The molecule has 1 fully saturated rings. The molecule has 1 aliphatic heterocycles. The number of hydrogen-bond donors (Lipinski definition) is 1. The van der Waals surface area contributed by atoms with E-state index in [2.05, 4.69) is 4.98 Å². The van der Waals surface area contributed by atoms with Crippen LogP contribution in [0.15, 0.2) is 24.4 Å². The van der Waals surface area contributed by atoms with Crippen molar-refractivity contribution < 1.29 is 9.53 Å². The number of carbonyl (C=O) groups excluding carboxylic acids is 1. The van der Waals surface area contributed by atoms with E-state index in [-0.39, 0.29) is 11.8 Å². The molecule has 5 heteroatoms. The lowest BCUT2D eigenvalue weighted by atomic mass is 9.91. The van der Waals surface area contributed by atoms with Crippen molar-refractivity contribution in [2.75, 3.05) is 19.8 Å². The Labute approximate surface area is 120 Å². The molecule has 0 radical (unpaired) electrons. The van der Waals surface area contributed by atoms with E-state index < -0.39 is 6.04 Å². The van der Waals surface area contributed by atoms with Gasteiger partial charge in [-0.25, -0.2) is 0 Å². The summed E-state index contributed by atoms with van der Waals surface area (Å²) in [6.45, 7) is 4.55. The summed E-state index contributed by atoms with van der Waals surface area (Å²) in [7, 11) is 0. The Bertz CT molecular complexity index is 418. The van der Waals surface area contributed by atoms with Gasteiger partial charge in [-0.15, -0.1) is 0 Å². The molecule has 0 aliphatic carbocycles. The number of carbonyl (C=O) groups is 1. The first kappa shape index (κ1) is 14.9. The average molecular weight is 277 g/mol. The fourth-order valence-corrected chi connectivity index (χ4v) is 2.52. The number of nitrogens with zero attached hydrogens (tertiary/aromatic N) is 2. The minimum absolute atomic E-state index is 0.0186. The first-order chi connectivity index (χ1) is 9.72. The predicted octanol–water partition coefficient (Wildman–Crippen LogP) is 1.18. The standard InChI is InChI=1S/C15H23N3O2/c1-2-18(11-13-5-3-4-8-17-13)15(19)14(16)12-6-9-20-10-7-12/h3-5,8,12,14H,2,6-7,9-11,16H2,1H3. The normalized spacial score (nSPS) is 17.7. The maximum atomic E-state index is 12.5. The number of ether oxygens (including phenoxy) is 1. The van der Waals surface area contributed by atoms with Gasteiger partial charge in [-0.2, -0.15) is 0 Å². The van der Waals surface area contributed by atoms with Crippen LogP contribution in [0.4, 0.5) is 0 Å². The second-order valence-corrected chi connectivity index (χ2v) is 5.15. The molecule has 1 aromatic heterocycles. The van der Waals surface area contributed by atoms with E-state index in [0.717, 1.165) is 18.5 Å². The molecule has 2 rings (SSSR count). The van der Waals surface area contributed by atoms with Crippen LogP contribution in [0, 0.1) is 5.92 Å². The topological polar surface area (TPSA) is 68.5 Å². The molecule has 5 nitrogen and oxygen atoms in total. The molecule has 1 amide bonds. The first-order valence-electron chi connectivity index (χ1n) is 7.24. The number of aromatic nitrogens is 1. The van der Waals surface area contributed by atoms with Gasteiger partial charge in [-0.05, 0) is 37.8 Å². The molecule has 0 bridgehead atoms. The van der Waals surface area contributed by atoms with Gasteiger partial charge in [-0.3, -0.25) is 9.78 Å². The fraction of sp³-hybridized carbons (Fsp3) is 0.600. The van der Waals surface area contributed by atoms with Crippen LogP contribution < -0.4 is 5.73 Å². The van der Waals surface area contributed by atoms with Crippen molar-refractivity contribution in [2.45, 2.75) is 32.4 Å². The Kier molecular flexibility index (Phi) is 5.49. The molecular formula is C15H23N3O2. The van der Waals surface area contributed by atoms with E-state index in [1.165, 1.54) is 0 Å². The van der Waals surface area contributed by atoms with E-state index in [1.54, 1.807) is 11.1 Å². The highest BCUT2D eigenvalue weighted by atomic mass is 16.5. The molecule has 0 aromatic carbocycles. The van der Waals surface area contributed by atoms with E-state index in [1.807, 2.05) is 25.1 Å². The maximum Gasteiger partial charge on any atom is 0.240 e. The number of hydrogen-bond acceptors (Lipinski definition) is 4. The van der Waals surface area contributed by atoms with E-state index in [0.29, 0.717) is 26.3 Å². The highest BCUT2D eigenvalue weighted by Gasteiger charge is 2.29. The summed E-state index contributed by atoms with van der Waals surface area (Å²) in [4.78, 5) is 18.6. The third-order valence-corrected chi connectivity index (χ3v) is 3.83. The molecule has 0 spiro atoms. The van der Waals surface area contributed by atoms with Crippen LogP contribution in [-0.4, -0.2) is 41.6 Å². The van der Waals surface area contributed by atoms with Crippen LogP contribution in [0.3, 0.4) is 0 Å². The number of likely N-dealkylation sites (N-methyl/N-ethyl adjacent to an activating group) is 1. The van der Waals surface area contributed by atoms with E-state index in [4.69, 9.17) is 10.5 Å². The van der Waals surface area contributed by atoms with E-state index in [9.17, 15) is 4.79 Å². The van der Waals surface area contributed by atoms with Crippen molar-refractivity contribution in [3.8, 4) is 0 Å². The number of pyridine rings is 1. The van der Waals surface area contributed by atoms with Crippen molar-refractivity contribution in [2.24, 2.45) is 11.7 Å². The number of nitrogens with two attached hydrogens (primary N) is 1. The van der Waals surface area contributed by atoms with Gasteiger partial charge in [-0.1, -0.05) is 6.07 Å². The summed E-state index contributed by atoms with van der Waals surface area (Å²) in [5.74, 6) is 0.249. The second-order valence-electron chi connectivity index (χ2n) is 5.15. The van der Waals surface area contributed by atoms with Crippen LogP contribution in [0.2, 0.25) is 0 Å². The zero-order valence-electron chi connectivity index (χ0n) is 12.0. The van der Waals surface area contributed by atoms with Crippen LogP contribution in [0.1, 0.15) is 25.5 Å². The molecule has 20 heavy (non-hydrogen) atoms. The molecule has 1 atom stereocenters. The van der Waals surface area contributed by atoms with Gasteiger partial charge in [0.2, 0.25) is 5.91 Å². The smallest absolute Gasteiger partial charge is 0.240 e.